The largest absolute Gasteiger partial charge is 0.508 e. The van der Waals surface area contributed by atoms with Gasteiger partial charge in [-0.3, -0.25) is 9.36 Å². The van der Waals surface area contributed by atoms with Gasteiger partial charge in [-0.2, -0.15) is 0 Å². The molecule has 4 aromatic rings. The Bertz CT molecular complexity index is 1310. The molecule has 0 radical (unpaired) electrons. The van der Waals surface area contributed by atoms with Gasteiger partial charge in [-0.25, -0.2) is 0 Å². The summed E-state index contributed by atoms with van der Waals surface area (Å²) < 4.78 is 17.7. The summed E-state index contributed by atoms with van der Waals surface area (Å²) in [5.74, 6) is 2.45. The molecule has 3 aromatic carbocycles. The Labute approximate surface area is 206 Å². The van der Waals surface area contributed by atoms with Crippen LogP contribution in [0, 0.1) is 0 Å². The second kappa shape index (κ2) is 10.8. The van der Waals surface area contributed by atoms with Gasteiger partial charge in [0.05, 0.1) is 32.8 Å². The first kappa shape index (κ1) is 24.0. The van der Waals surface area contributed by atoms with E-state index in [1.54, 1.807) is 56.7 Å². The average Bonchev–Trinajstić information content (AvgIpc) is 3.32. The van der Waals surface area contributed by atoms with E-state index in [9.17, 15) is 9.90 Å². The van der Waals surface area contributed by atoms with Crippen LogP contribution in [0.4, 0.5) is 5.69 Å². The number of amides is 1. The van der Waals surface area contributed by atoms with E-state index in [0.717, 1.165) is 17.0 Å². The molecule has 2 N–H and O–H groups in total. The highest BCUT2D eigenvalue weighted by molar-refractivity contribution is 7.99. The molecule has 0 aliphatic heterocycles. The topological polar surface area (TPSA) is 108 Å². The molecule has 0 spiro atoms. The lowest BCUT2D eigenvalue weighted by Crippen LogP contribution is -2.15. The molecular formula is C25H24N4O5S. The number of methoxy groups -OCH3 is 3. The van der Waals surface area contributed by atoms with Gasteiger partial charge >= 0.3 is 0 Å². The van der Waals surface area contributed by atoms with Crippen LogP contribution < -0.4 is 19.5 Å². The maximum Gasteiger partial charge on any atom is 0.234 e. The van der Waals surface area contributed by atoms with E-state index >= 15 is 0 Å². The van der Waals surface area contributed by atoms with Crippen molar-refractivity contribution in [2.45, 2.75) is 5.16 Å². The molecule has 0 aliphatic rings. The maximum atomic E-state index is 12.7. The van der Waals surface area contributed by atoms with Crippen molar-refractivity contribution in [2.24, 2.45) is 0 Å². The van der Waals surface area contributed by atoms with E-state index in [0.29, 0.717) is 28.2 Å². The predicted octanol–water partition coefficient (Wildman–Crippen LogP) is 4.40. The third-order valence-electron chi connectivity index (χ3n) is 5.10. The van der Waals surface area contributed by atoms with E-state index in [4.69, 9.17) is 14.2 Å². The number of carbonyl (C=O) groups excluding carboxylic acids is 1. The Morgan fingerprint density at radius 2 is 1.60 bits per heavy atom. The molecule has 0 saturated heterocycles. The van der Waals surface area contributed by atoms with Gasteiger partial charge in [-0.15, -0.1) is 10.2 Å². The molecule has 1 amide bonds. The summed E-state index contributed by atoms with van der Waals surface area (Å²) >= 11 is 1.25. The highest BCUT2D eigenvalue weighted by Crippen LogP contribution is 2.31. The Balaban J connectivity index is 1.58. The summed E-state index contributed by atoms with van der Waals surface area (Å²) in [5, 5.41) is 21.7. The number of aromatic hydroxyl groups is 1. The molecule has 10 heteroatoms. The number of ether oxygens (including phenoxy) is 3. The van der Waals surface area contributed by atoms with Gasteiger partial charge in [-0.05, 0) is 60.7 Å². The summed E-state index contributed by atoms with van der Waals surface area (Å²) in [5.41, 5.74) is 2.12. The predicted molar refractivity (Wildman–Crippen MR) is 134 cm³/mol. The van der Waals surface area contributed by atoms with Gasteiger partial charge in [-0.1, -0.05) is 11.8 Å². The van der Waals surface area contributed by atoms with Gasteiger partial charge in [0.25, 0.3) is 0 Å². The van der Waals surface area contributed by atoms with Crippen LogP contribution in [-0.4, -0.2) is 52.9 Å². The van der Waals surface area contributed by atoms with Crippen LogP contribution in [0.3, 0.4) is 0 Å². The van der Waals surface area contributed by atoms with Gasteiger partial charge < -0.3 is 24.6 Å². The molecular weight excluding hydrogens is 468 g/mol. The smallest absolute Gasteiger partial charge is 0.234 e. The van der Waals surface area contributed by atoms with Crippen LogP contribution in [0.5, 0.6) is 23.0 Å². The van der Waals surface area contributed by atoms with Crippen molar-refractivity contribution in [1.29, 1.82) is 0 Å². The SMILES string of the molecule is COc1ccc(-n2c(SCC(=O)Nc3ccc(OC)cc3OC)nnc2-c2ccc(O)cc2)cc1. The number of hydrogen-bond donors (Lipinski definition) is 2. The summed E-state index contributed by atoms with van der Waals surface area (Å²) in [4.78, 5) is 12.7. The minimum atomic E-state index is -0.228. The lowest BCUT2D eigenvalue weighted by atomic mass is 10.2. The lowest BCUT2D eigenvalue weighted by Gasteiger charge is -2.12. The molecule has 0 unspecified atom stereocenters. The summed E-state index contributed by atoms with van der Waals surface area (Å²) in [6.07, 6.45) is 0. The van der Waals surface area contributed by atoms with E-state index in [-0.39, 0.29) is 17.4 Å². The number of nitrogens with one attached hydrogen (secondary N) is 1. The number of benzene rings is 3. The van der Waals surface area contributed by atoms with Crippen molar-refractivity contribution < 1.29 is 24.1 Å². The average molecular weight is 493 g/mol. The first-order chi connectivity index (χ1) is 17.0. The van der Waals surface area contributed by atoms with Crippen LogP contribution in [-0.2, 0) is 4.79 Å². The first-order valence-corrected chi connectivity index (χ1v) is 11.5. The molecule has 4 rings (SSSR count). The zero-order valence-electron chi connectivity index (χ0n) is 19.4. The van der Waals surface area contributed by atoms with Crippen molar-refractivity contribution in [3.63, 3.8) is 0 Å². The maximum absolute atomic E-state index is 12.7. The molecule has 35 heavy (non-hydrogen) atoms. The molecule has 0 bridgehead atoms. The van der Waals surface area contributed by atoms with E-state index in [1.165, 1.54) is 18.9 Å². The zero-order chi connectivity index (χ0) is 24.8. The molecule has 1 heterocycles. The highest BCUT2D eigenvalue weighted by Gasteiger charge is 2.18. The van der Waals surface area contributed by atoms with Crippen molar-refractivity contribution in [2.75, 3.05) is 32.4 Å². The molecule has 9 nitrogen and oxygen atoms in total. The molecule has 0 saturated carbocycles. The molecule has 0 aliphatic carbocycles. The third-order valence-corrected chi connectivity index (χ3v) is 6.03. The number of thioether (sulfide) groups is 1. The van der Waals surface area contributed by atoms with Crippen molar-refractivity contribution in [3.8, 4) is 40.1 Å². The minimum absolute atomic E-state index is 0.0963. The van der Waals surface area contributed by atoms with Crippen LogP contribution in [0.25, 0.3) is 17.1 Å². The number of nitrogens with zero attached hydrogens (tertiary/aromatic N) is 3. The summed E-state index contributed by atoms with van der Waals surface area (Å²) in [6.45, 7) is 0. The first-order valence-electron chi connectivity index (χ1n) is 10.6. The van der Waals surface area contributed by atoms with Gasteiger partial charge in [0.15, 0.2) is 11.0 Å². The quantitative estimate of drug-likeness (QED) is 0.331. The number of carbonyl (C=O) groups is 1. The van der Waals surface area contributed by atoms with Crippen LogP contribution in [0.2, 0.25) is 0 Å². The number of rotatable bonds is 9. The van der Waals surface area contributed by atoms with Crippen LogP contribution >= 0.6 is 11.8 Å². The number of phenols is 1. The minimum Gasteiger partial charge on any atom is -0.508 e. The van der Waals surface area contributed by atoms with Crippen molar-refractivity contribution in [1.82, 2.24) is 14.8 Å². The number of hydrogen-bond acceptors (Lipinski definition) is 8. The van der Waals surface area contributed by atoms with Crippen molar-refractivity contribution in [3.05, 3.63) is 66.7 Å². The van der Waals surface area contributed by atoms with Gasteiger partial charge in [0.2, 0.25) is 5.91 Å². The fourth-order valence-electron chi connectivity index (χ4n) is 3.34. The Morgan fingerprint density at radius 1 is 0.914 bits per heavy atom. The van der Waals surface area contributed by atoms with E-state index in [2.05, 4.69) is 15.5 Å². The lowest BCUT2D eigenvalue weighted by molar-refractivity contribution is -0.113. The second-order valence-electron chi connectivity index (χ2n) is 7.29. The second-order valence-corrected chi connectivity index (χ2v) is 8.23. The molecule has 180 valence electrons. The van der Waals surface area contributed by atoms with Crippen molar-refractivity contribution >= 4 is 23.4 Å². The third kappa shape index (κ3) is 5.49. The van der Waals surface area contributed by atoms with Gasteiger partial charge in [0, 0.05) is 17.3 Å². The Hall–Kier alpha value is -4.18. The zero-order valence-corrected chi connectivity index (χ0v) is 20.2. The van der Waals surface area contributed by atoms with E-state index in [1.807, 2.05) is 28.8 Å². The summed E-state index contributed by atoms with van der Waals surface area (Å²) in [7, 11) is 4.70. The Kier molecular flexibility index (Phi) is 7.41. The molecule has 0 fully saturated rings. The van der Waals surface area contributed by atoms with Crippen LogP contribution in [0.1, 0.15) is 0 Å². The fraction of sp³-hybridized carbons (Fsp3) is 0.160. The number of anilines is 1. The standard InChI is InChI=1S/C25H24N4O5S/c1-32-19-10-6-17(7-11-19)29-24(16-4-8-18(30)9-5-16)27-28-25(29)35-15-23(31)26-21-13-12-20(33-2)14-22(21)34-3/h4-14,30H,15H2,1-3H3,(H,26,31). The Morgan fingerprint density at radius 3 is 2.26 bits per heavy atom. The number of aromatic nitrogens is 3. The fourth-order valence-corrected chi connectivity index (χ4v) is 4.10. The summed E-state index contributed by atoms with van der Waals surface area (Å²) in [6, 6.07) is 19.3. The van der Waals surface area contributed by atoms with Gasteiger partial charge in [0.1, 0.15) is 23.0 Å². The number of phenolic OH excluding ortho intramolecular Hbond substituents is 1. The highest BCUT2D eigenvalue weighted by atomic mass is 32.2. The molecule has 1 aromatic heterocycles. The van der Waals surface area contributed by atoms with E-state index < -0.39 is 0 Å². The monoisotopic (exact) mass is 492 g/mol. The normalized spacial score (nSPS) is 10.6. The molecule has 0 atom stereocenters. The van der Waals surface area contributed by atoms with Crippen LogP contribution in [0.15, 0.2) is 71.9 Å².